The Morgan fingerprint density at radius 1 is 1.20 bits per heavy atom. The number of hydrogen-bond acceptors (Lipinski definition) is 1. The number of hydrogen-bond donors (Lipinski definition) is 1. The van der Waals surface area contributed by atoms with E-state index < -0.39 is 0 Å². The van der Waals surface area contributed by atoms with E-state index >= 15 is 0 Å². The molecule has 0 saturated carbocycles. The average molecular weight is 351 g/mol. The topological polar surface area (TPSA) is 12.0 Å². The molecule has 0 aromatic heterocycles. The molecule has 0 unspecified atom stereocenters. The summed E-state index contributed by atoms with van der Waals surface area (Å²) in [5.41, 5.74) is 4.13. The van der Waals surface area contributed by atoms with Crippen LogP contribution in [0.25, 0.3) is 0 Å². The van der Waals surface area contributed by atoms with Gasteiger partial charge in [0.25, 0.3) is 0 Å². The number of halogens is 2. The second-order valence-corrected chi connectivity index (χ2v) is 6.99. The van der Waals surface area contributed by atoms with Gasteiger partial charge < -0.3 is 5.32 Å². The maximum absolute atomic E-state index is 6.38. The highest BCUT2D eigenvalue weighted by Gasteiger charge is 2.39. The Labute approximate surface area is 133 Å². The predicted octanol–water partition coefficient (Wildman–Crippen LogP) is 4.49. The lowest BCUT2D eigenvalue weighted by Crippen LogP contribution is -2.58. The Kier molecular flexibility index (Phi) is 3.89. The van der Waals surface area contributed by atoms with Gasteiger partial charge in [0.15, 0.2) is 0 Å². The van der Waals surface area contributed by atoms with E-state index in [9.17, 15) is 0 Å². The normalized spacial score (nSPS) is 16.8. The van der Waals surface area contributed by atoms with Gasteiger partial charge in [0.2, 0.25) is 0 Å². The molecule has 0 aliphatic carbocycles. The van der Waals surface area contributed by atoms with Gasteiger partial charge in [-0.2, -0.15) is 0 Å². The number of nitrogens with one attached hydrogen (secondary N) is 1. The van der Waals surface area contributed by atoms with Crippen molar-refractivity contribution in [1.82, 2.24) is 5.32 Å². The summed E-state index contributed by atoms with van der Waals surface area (Å²) in [7, 11) is 0. The highest BCUT2D eigenvalue weighted by Crippen LogP contribution is 2.35. The van der Waals surface area contributed by atoms with Crippen molar-refractivity contribution in [2.24, 2.45) is 0 Å². The van der Waals surface area contributed by atoms with Crippen LogP contribution in [0.1, 0.15) is 16.7 Å². The second-order valence-electron chi connectivity index (χ2n) is 5.67. The van der Waals surface area contributed by atoms with Gasteiger partial charge in [0.1, 0.15) is 0 Å². The summed E-state index contributed by atoms with van der Waals surface area (Å²) in [5.74, 6) is 0. The van der Waals surface area contributed by atoms with Gasteiger partial charge >= 0.3 is 0 Å². The minimum atomic E-state index is 0.184. The van der Waals surface area contributed by atoms with Crippen LogP contribution >= 0.6 is 27.5 Å². The van der Waals surface area contributed by atoms with E-state index in [0.29, 0.717) is 0 Å². The largest absolute Gasteiger partial charge is 0.315 e. The van der Waals surface area contributed by atoms with Gasteiger partial charge in [-0.1, -0.05) is 63.4 Å². The van der Waals surface area contributed by atoms with Gasteiger partial charge in [-0.05, 0) is 36.6 Å². The van der Waals surface area contributed by atoms with Crippen molar-refractivity contribution in [2.45, 2.75) is 18.8 Å². The Bertz CT molecular complexity index is 635. The fourth-order valence-corrected chi connectivity index (χ4v) is 3.60. The van der Waals surface area contributed by atoms with Crippen molar-refractivity contribution < 1.29 is 0 Å². The monoisotopic (exact) mass is 349 g/mol. The lowest BCUT2D eigenvalue weighted by Gasteiger charge is -2.44. The summed E-state index contributed by atoms with van der Waals surface area (Å²) in [6.45, 7) is 4.18. The van der Waals surface area contributed by atoms with Crippen LogP contribution in [0.5, 0.6) is 0 Å². The molecule has 0 spiro atoms. The standard InChI is InChI=1S/C17H17BrClN/c1-12-3-2-4-14(7-12)17(10-20-11-17)9-13-5-6-15(18)8-16(13)19/h2-8,20H,9-11H2,1H3. The second kappa shape index (κ2) is 5.51. The first-order chi connectivity index (χ1) is 9.59. The molecule has 1 N–H and O–H groups in total. The van der Waals surface area contributed by atoms with Gasteiger partial charge in [-0.3, -0.25) is 0 Å². The van der Waals surface area contributed by atoms with Crippen molar-refractivity contribution in [3.8, 4) is 0 Å². The minimum Gasteiger partial charge on any atom is -0.315 e. The van der Waals surface area contributed by atoms with E-state index in [1.165, 1.54) is 16.7 Å². The van der Waals surface area contributed by atoms with Crippen LogP contribution in [-0.2, 0) is 11.8 Å². The van der Waals surface area contributed by atoms with Crippen molar-refractivity contribution >= 4 is 27.5 Å². The molecule has 20 heavy (non-hydrogen) atoms. The lowest BCUT2D eigenvalue weighted by atomic mass is 9.70. The minimum absolute atomic E-state index is 0.184. The van der Waals surface area contributed by atoms with Gasteiger partial charge in [-0.15, -0.1) is 0 Å². The summed E-state index contributed by atoms with van der Waals surface area (Å²) in [5, 5.41) is 4.26. The molecule has 1 heterocycles. The average Bonchev–Trinajstić information content (AvgIpc) is 2.36. The van der Waals surface area contributed by atoms with E-state index in [0.717, 1.165) is 29.0 Å². The fraction of sp³-hybridized carbons (Fsp3) is 0.294. The third kappa shape index (κ3) is 2.65. The third-order valence-electron chi connectivity index (χ3n) is 4.10. The number of rotatable bonds is 3. The number of aryl methyl sites for hydroxylation is 1. The van der Waals surface area contributed by atoms with Gasteiger partial charge in [0, 0.05) is 28.0 Å². The molecule has 1 nitrogen and oxygen atoms in total. The first-order valence-electron chi connectivity index (χ1n) is 6.81. The van der Waals surface area contributed by atoms with Crippen LogP contribution in [0.2, 0.25) is 5.02 Å². The SMILES string of the molecule is Cc1cccc(C2(Cc3ccc(Br)cc3Cl)CNC2)c1. The van der Waals surface area contributed by atoms with Crippen LogP contribution in [0.15, 0.2) is 46.9 Å². The summed E-state index contributed by atoms with van der Waals surface area (Å²) >= 11 is 9.85. The quantitative estimate of drug-likeness (QED) is 0.859. The maximum Gasteiger partial charge on any atom is 0.0449 e. The fourth-order valence-electron chi connectivity index (χ4n) is 2.86. The molecule has 2 aromatic carbocycles. The highest BCUT2D eigenvalue weighted by atomic mass is 79.9. The van der Waals surface area contributed by atoms with Gasteiger partial charge in [0.05, 0.1) is 0 Å². The number of benzene rings is 2. The van der Waals surface area contributed by atoms with Crippen LogP contribution in [0.3, 0.4) is 0 Å². The molecule has 0 radical (unpaired) electrons. The van der Waals surface area contributed by atoms with Crippen molar-refractivity contribution in [2.75, 3.05) is 13.1 Å². The van der Waals surface area contributed by atoms with E-state index in [4.69, 9.17) is 11.6 Å². The molecule has 104 valence electrons. The van der Waals surface area contributed by atoms with Crippen molar-refractivity contribution in [1.29, 1.82) is 0 Å². The zero-order chi connectivity index (χ0) is 14.2. The first-order valence-corrected chi connectivity index (χ1v) is 7.98. The molecule has 2 aromatic rings. The summed E-state index contributed by atoms with van der Waals surface area (Å²) in [6, 6.07) is 15.0. The molecule has 3 heteroatoms. The van der Waals surface area contributed by atoms with E-state index in [1.54, 1.807) is 0 Å². The summed E-state index contributed by atoms with van der Waals surface area (Å²) in [4.78, 5) is 0. The van der Waals surface area contributed by atoms with Crippen LogP contribution in [-0.4, -0.2) is 13.1 Å². The highest BCUT2D eigenvalue weighted by molar-refractivity contribution is 9.10. The zero-order valence-electron chi connectivity index (χ0n) is 11.4. The molecular formula is C17H17BrClN. The Morgan fingerprint density at radius 2 is 2.00 bits per heavy atom. The third-order valence-corrected chi connectivity index (χ3v) is 4.95. The molecule has 0 amide bonds. The molecule has 1 saturated heterocycles. The maximum atomic E-state index is 6.38. The van der Waals surface area contributed by atoms with Crippen LogP contribution in [0.4, 0.5) is 0 Å². The van der Waals surface area contributed by atoms with E-state index in [-0.39, 0.29) is 5.41 Å². The van der Waals surface area contributed by atoms with Crippen molar-refractivity contribution in [3.05, 3.63) is 68.7 Å². The van der Waals surface area contributed by atoms with E-state index in [2.05, 4.69) is 64.6 Å². The molecule has 0 bridgehead atoms. The zero-order valence-corrected chi connectivity index (χ0v) is 13.8. The molecular weight excluding hydrogens is 334 g/mol. The molecule has 1 aliphatic heterocycles. The van der Waals surface area contributed by atoms with Crippen LogP contribution in [0, 0.1) is 6.92 Å². The molecule has 0 atom stereocenters. The lowest BCUT2D eigenvalue weighted by molar-refractivity contribution is 0.274. The van der Waals surface area contributed by atoms with E-state index in [1.807, 2.05) is 6.07 Å². The Hall–Kier alpha value is -0.830. The molecule has 1 fully saturated rings. The summed E-state index contributed by atoms with van der Waals surface area (Å²) in [6.07, 6.45) is 0.982. The van der Waals surface area contributed by atoms with Crippen molar-refractivity contribution in [3.63, 3.8) is 0 Å². The van der Waals surface area contributed by atoms with Gasteiger partial charge in [-0.25, -0.2) is 0 Å². The molecule has 3 rings (SSSR count). The Balaban J connectivity index is 1.94. The summed E-state index contributed by atoms with van der Waals surface area (Å²) < 4.78 is 1.03. The first kappa shape index (κ1) is 14.1. The predicted molar refractivity (Wildman–Crippen MR) is 88.6 cm³/mol. The Morgan fingerprint density at radius 3 is 2.60 bits per heavy atom. The smallest absolute Gasteiger partial charge is 0.0449 e. The molecule has 1 aliphatic rings. The van der Waals surface area contributed by atoms with Crippen LogP contribution < -0.4 is 5.32 Å².